The largest absolute Gasteiger partial charge is 0.496 e. The summed E-state index contributed by atoms with van der Waals surface area (Å²) in [5.41, 5.74) is 4.48. The molecule has 4 rings (SSSR count). The van der Waals surface area contributed by atoms with Crippen molar-refractivity contribution in [1.29, 1.82) is 5.41 Å². The molecule has 0 amide bonds. The number of carbonyl (C=O) groups excluding carboxylic acids is 3. The van der Waals surface area contributed by atoms with Crippen LogP contribution in [0.5, 0.6) is 17.2 Å². The normalized spacial score (nSPS) is 9.83. The van der Waals surface area contributed by atoms with E-state index in [1.165, 1.54) is 23.4 Å². The summed E-state index contributed by atoms with van der Waals surface area (Å²) in [5, 5.41) is 9.24. The van der Waals surface area contributed by atoms with Gasteiger partial charge in [-0.3, -0.25) is 9.59 Å². The molecule has 0 bridgehead atoms. The maximum atomic E-state index is 10.8. The van der Waals surface area contributed by atoms with Gasteiger partial charge in [-0.15, -0.1) is 0 Å². The van der Waals surface area contributed by atoms with Gasteiger partial charge < -0.3 is 24.4 Å². The number of hydrogen-bond acceptors (Lipinski definition) is 8. The Bertz CT molecular complexity index is 1580. The Balaban J connectivity index is 0.000000253. The van der Waals surface area contributed by atoms with E-state index in [2.05, 4.69) is 19.6 Å². The lowest BCUT2D eigenvalue weighted by atomic mass is 10.0. The minimum atomic E-state index is -0.368. The lowest BCUT2D eigenvalue weighted by Gasteiger charge is -2.08. The molecule has 1 N–H and O–H groups in total. The molecule has 0 aliphatic heterocycles. The van der Waals surface area contributed by atoms with Crippen molar-refractivity contribution in [2.75, 3.05) is 27.4 Å². The fraction of sp³-hybridized carbons (Fsp3) is 0.263. The van der Waals surface area contributed by atoms with E-state index < -0.39 is 0 Å². The number of ether oxygens (including phenoxy) is 4. The third kappa shape index (κ3) is 12.4. The zero-order valence-electron chi connectivity index (χ0n) is 27.0. The molecule has 8 nitrogen and oxygen atoms in total. The molecular formula is C38H43NO7. The Morgan fingerprint density at radius 2 is 1.39 bits per heavy atom. The Morgan fingerprint density at radius 3 is 1.98 bits per heavy atom. The monoisotopic (exact) mass is 625 g/mol. The van der Waals surface area contributed by atoms with Crippen molar-refractivity contribution in [3.63, 3.8) is 0 Å². The van der Waals surface area contributed by atoms with Crippen molar-refractivity contribution in [2.24, 2.45) is 0 Å². The van der Waals surface area contributed by atoms with Gasteiger partial charge in [-0.25, -0.2) is 4.79 Å². The number of fused-ring (bicyclic) bond motifs is 1. The first-order chi connectivity index (χ1) is 22.3. The van der Waals surface area contributed by atoms with Gasteiger partial charge in [0.25, 0.3) is 0 Å². The smallest absolute Gasteiger partial charge is 0.330 e. The number of unbranched alkanes of at least 4 members (excludes halogenated alkanes) is 3. The predicted octanol–water partition coefficient (Wildman–Crippen LogP) is 8.14. The minimum Gasteiger partial charge on any atom is -0.496 e. The molecule has 8 heteroatoms. The maximum absolute atomic E-state index is 10.8. The average molecular weight is 626 g/mol. The number of rotatable bonds is 14. The lowest BCUT2D eigenvalue weighted by Crippen LogP contribution is -2.02. The molecule has 0 saturated heterocycles. The summed E-state index contributed by atoms with van der Waals surface area (Å²) in [6, 6.07) is 22.3. The van der Waals surface area contributed by atoms with Gasteiger partial charge in [0.2, 0.25) is 0 Å². The van der Waals surface area contributed by atoms with Crippen LogP contribution >= 0.6 is 0 Å². The molecule has 0 radical (unpaired) electrons. The summed E-state index contributed by atoms with van der Waals surface area (Å²) in [6.45, 7) is 8.54. The first-order valence-corrected chi connectivity index (χ1v) is 14.9. The number of aldehydes is 2. The Kier molecular flexibility index (Phi) is 16.6. The highest BCUT2D eigenvalue weighted by atomic mass is 16.5. The van der Waals surface area contributed by atoms with Crippen LogP contribution in [0.4, 0.5) is 0 Å². The summed E-state index contributed by atoms with van der Waals surface area (Å²) in [7, 11) is 3.27. The highest BCUT2D eigenvalue weighted by molar-refractivity contribution is 6.03. The summed E-state index contributed by atoms with van der Waals surface area (Å²) >= 11 is 0. The molecule has 0 aliphatic rings. The van der Waals surface area contributed by atoms with E-state index >= 15 is 0 Å². The number of methoxy groups -OCH3 is 2. The van der Waals surface area contributed by atoms with Crippen LogP contribution in [-0.2, 0) is 9.53 Å². The fourth-order valence-corrected chi connectivity index (χ4v) is 4.40. The number of aryl methyl sites for hydroxylation is 2. The minimum absolute atomic E-state index is 0.368. The summed E-state index contributed by atoms with van der Waals surface area (Å²) in [4.78, 5) is 31.9. The Morgan fingerprint density at radius 1 is 0.761 bits per heavy atom. The van der Waals surface area contributed by atoms with Gasteiger partial charge in [0.1, 0.15) is 29.8 Å². The molecule has 46 heavy (non-hydrogen) atoms. The van der Waals surface area contributed by atoms with E-state index in [4.69, 9.17) is 24.4 Å². The van der Waals surface area contributed by atoms with Gasteiger partial charge >= 0.3 is 5.97 Å². The van der Waals surface area contributed by atoms with E-state index in [0.29, 0.717) is 30.1 Å². The van der Waals surface area contributed by atoms with Gasteiger partial charge in [0.15, 0.2) is 0 Å². The highest BCUT2D eigenvalue weighted by Crippen LogP contribution is 2.27. The van der Waals surface area contributed by atoms with Crippen molar-refractivity contribution < 1.29 is 33.3 Å². The molecule has 0 spiro atoms. The highest BCUT2D eigenvalue weighted by Gasteiger charge is 2.06. The Labute approximate surface area is 271 Å². The van der Waals surface area contributed by atoms with Crippen LogP contribution in [0.1, 0.15) is 63.1 Å². The van der Waals surface area contributed by atoms with Crippen LogP contribution < -0.4 is 14.2 Å². The quantitative estimate of drug-likeness (QED) is 0.0495. The van der Waals surface area contributed by atoms with Crippen molar-refractivity contribution in [2.45, 2.75) is 39.5 Å². The van der Waals surface area contributed by atoms with E-state index in [9.17, 15) is 14.4 Å². The zero-order valence-corrected chi connectivity index (χ0v) is 27.0. The number of benzene rings is 4. The summed E-state index contributed by atoms with van der Waals surface area (Å²) in [5.74, 6) is 2.04. The molecule has 0 unspecified atom stereocenters. The first kappa shape index (κ1) is 36.9. The summed E-state index contributed by atoms with van der Waals surface area (Å²) in [6.07, 6.45) is 7.89. The van der Waals surface area contributed by atoms with Crippen LogP contribution in [0.3, 0.4) is 0 Å². The molecule has 0 saturated carbocycles. The topological polar surface area (TPSA) is 112 Å². The van der Waals surface area contributed by atoms with E-state index in [0.717, 1.165) is 66.1 Å². The maximum Gasteiger partial charge on any atom is 0.330 e. The predicted molar refractivity (Wildman–Crippen MR) is 183 cm³/mol. The Hall–Kier alpha value is -5.24. The van der Waals surface area contributed by atoms with Crippen molar-refractivity contribution in [3.05, 3.63) is 113 Å². The van der Waals surface area contributed by atoms with Crippen molar-refractivity contribution >= 4 is 35.5 Å². The van der Waals surface area contributed by atoms with Crippen LogP contribution in [0.15, 0.2) is 85.5 Å². The SMILES string of the molecule is C=CC(=O)OCCCCCCOc1ccc(C=O)cc1.COc1ccc(C)cc1C.COc1ccc2cc(C=O)ccc2c1C=N. The number of nitrogens with one attached hydrogen (secondary N) is 1. The molecule has 0 fully saturated rings. The van der Waals surface area contributed by atoms with Crippen molar-refractivity contribution in [1.82, 2.24) is 0 Å². The van der Waals surface area contributed by atoms with Gasteiger partial charge in [-0.2, -0.15) is 0 Å². The third-order valence-electron chi connectivity index (χ3n) is 6.83. The van der Waals surface area contributed by atoms with E-state index in [-0.39, 0.29) is 5.97 Å². The molecule has 242 valence electrons. The van der Waals surface area contributed by atoms with Gasteiger partial charge in [0, 0.05) is 29.0 Å². The molecule has 0 atom stereocenters. The third-order valence-corrected chi connectivity index (χ3v) is 6.83. The van der Waals surface area contributed by atoms with Gasteiger partial charge in [-0.1, -0.05) is 42.5 Å². The number of hydrogen-bond donors (Lipinski definition) is 1. The van der Waals surface area contributed by atoms with E-state index in [1.807, 2.05) is 31.2 Å². The molecule has 4 aromatic carbocycles. The standard InChI is InChI=1S/C16H20O4.C13H11NO2.C9H12O/c1-2-16(18)20-12-6-4-3-5-11-19-15-9-7-14(13-17)8-10-15;1-16-13-5-3-10-6-9(8-15)2-4-11(10)12(13)7-14;1-7-4-5-9(10-3)8(2)6-7/h2,7-10,13H,1,3-6,11-12H2;2-8,14H,1H3;4-6H,1-3H3. The first-order valence-electron chi connectivity index (χ1n) is 14.9. The van der Waals surface area contributed by atoms with Crippen molar-refractivity contribution in [3.8, 4) is 17.2 Å². The molecule has 0 aliphatic carbocycles. The van der Waals surface area contributed by atoms with Gasteiger partial charge in [0.05, 0.1) is 27.4 Å². The van der Waals surface area contributed by atoms with E-state index in [1.54, 1.807) is 56.7 Å². The van der Waals surface area contributed by atoms with Gasteiger partial charge in [-0.05, 0) is 98.3 Å². The second-order valence-corrected chi connectivity index (χ2v) is 10.2. The van der Waals surface area contributed by atoms with Crippen LogP contribution in [0.25, 0.3) is 10.8 Å². The molecule has 0 aromatic heterocycles. The molecular weight excluding hydrogens is 582 g/mol. The zero-order chi connectivity index (χ0) is 33.7. The second kappa shape index (κ2) is 20.7. The lowest BCUT2D eigenvalue weighted by molar-refractivity contribution is -0.137. The van der Waals surface area contributed by atoms with Crippen LogP contribution in [0.2, 0.25) is 0 Å². The molecule has 0 heterocycles. The average Bonchev–Trinajstić information content (AvgIpc) is 3.09. The van der Waals surface area contributed by atoms with Crippen LogP contribution in [-0.4, -0.2) is 52.2 Å². The fourth-order valence-electron chi connectivity index (χ4n) is 4.40. The van der Waals surface area contributed by atoms with Crippen LogP contribution in [0, 0.1) is 19.3 Å². The summed E-state index contributed by atoms with van der Waals surface area (Å²) < 4.78 is 20.7. The number of esters is 1. The molecule has 4 aromatic rings. The second-order valence-electron chi connectivity index (χ2n) is 10.2. The number of carbonyl (C=O) groups is 3.